The fourth-order valence-corrected chi connectivity index (χ4v) is 0. The van der Waals surface area contributed by atoms with Gasteiger partial charge in [-0.3, -0.25) is 0 Å². The van der Waals surface area contributed by atoms with E-state index in [9.17, 15) is 0 Å². The number of rotatable bonds is 0. The Morgan fingerprint density at radius 2 is 0.0291 bits per heavy atom. The van der Waals surface area contributed by atoms with E-state index >= 15 is 0 Å². The SMILES string of the molecule is C.C.C.CC.CC.CC.CC.CC.CC.CC.CC.CC.CC.CC.CC.CC.CC.CC.CC.CC.CC.CC.CC.CC.CC.CC.CC.CC.CC.CC.CC.CC.CC.CC.CC.CC.CC.CC.CC.CC.CC.CC.CC.CC.CC.CC.CC.CC.CC.CC.CC.CC.CC. The van der Waals surface area contributed by atoms with Crippen molar-refractivity contribution < 1.29 is 0 Å². The van der Waals surface area contributed by atoms with Crippen LogP contribution in [0.25, 0.3) is 0 Å². The van der Waals surface area contributed by atoms with Crippen molar-refractivity contribution in [2.75, 3.05) is 0 Å². The van der Waals surface area contributed by atoms with Crippen molar-refractivity contribution in [2.45, 2.75) is 715 Å². The van der Waals surface area contributed by atoms with E-state index in [4.69, 9.17) is 0 Å². The van der Waals surface area contributed by atoms with Gasteiger partial charge in [-0.2, -0.15) is 0 Å². The van der Waals surface area contributed by atoms with E-state index in [2.05, 4.69) is 0 Å². The molecule has 0 aliphatic carbocycles. The third-order valence-electron chi connectivity index (χ3n) is 0. The van der Waals surface area contributed by atoms with Gasteiger partial charge in [-0.05, 0) is 0 Å². The van der Waals surface area contributed by atoms with E-state index < -0.39 is 0 Å². The molecule has 724 valence electrons. The zero-order chi connectivity index (χ0) is 100. The minimum Gasteiger partial charge on any atom is -0.0776 e. The summed E-state index contributed by atoms with van der Waals surface area (Å²) >= 11 is 0. The van der Waals surface area contributed by atoms with E-state index in [-0.39, 0.29) is 22.3 Å². The van der Waals surface area contributed by atoms with Gasteiger partial charge in [0, 0.05) is 0 Å². The molecular weight excluding hydrogens is 1240 g/mol. The lowest BCUT2D eigenvalue weighted by molar-refractivity contribution is 1.50. The maximum Gasteiger partial charge on any atom is -0.0683 e. The van der Waals surface area contributed by atoms with Crippen molar-refractivity contribution in [1.29, 1.82) is 0 Å². The Kier molecular flexibility index (Phi) is 0. The van der Waals surface area contributed by atoms with Crippen molar-refractivity contribution >= 4 is 0 Å². The average molecular weight is 1550 g/mol. The Morgan fingerprint density at radius 3 is 0.0291 bits per heavy atom. The van der Waals surface area contributed by atoms with Crippen LogP contribution in [0.2, 0.25) is 0 Å². The first kappa shape index (κ1) is 429. The molecule has 0 heterocycles. The Balaban J connectivity index is -0.00000000485. The van der Waals surface area contributed by atoms with Crippen LogP contribution in [0, 0.1) is 0 Å². The van der Waals surface area contributed by atoms with Crippen LogP contribution in [0.15, 0.2) is 0 Å². The lowest BCUT2D eigenvalue weighted by Gasteiger charge is -1.07. The number of hydrogen-bond acceptors (Lipinski definition) is 0. The lowest BCUT2D eigenvalue weighted by atomic mass is 11.0. The van der Waals surface area contributed by atoms with Gasteiger partial charge < -0.3 is 0 Å². The Morgan fingerprint density at radius 1 is 0.0291 bits per heavy atom. The molecule has 0 aromatic heterocycles. The molecule has 0 aliphatic rings. The van der Waals surface area contributed by atoms with Gasteiger partial charge in [0.05, 0.1) is 0 Å². The van der Waals surface area contributed by atoms with Crippen LogP contribution in [-0.2, 0) is 0 Å². The summed E-state index contributed by atoms with van der Waals surface area (Å²) in [5.74, 6) is 0. The van der Waals surface area contributed by atoms with E-state index in [1.165, 1.54) is 0 Å². The van der Waals surface area contributed by atoms with Crippen LogP contribution in [0.3, 0.4) is 0 Å². The molecule has 0 heteroatoms. The lowest BCUT2D eigenvalue weighted by Crippen LogP contribution is -0.856. The number of hydrogen-bond donors (Lipinski definition) is 0. The summed E-state index contributed by atoms with van der Waals surface area (Å²) in [6.45, 7) is 200. The highest BCUT2D eigenvalue weighted by atomic mass is 13.1. The van der Waals surface area contributed by atoms with Gasteiger partial charge in [-0.15, -0.1) is 0 Å². The van der Waals surface area contributed by atoms with E-state index in [1.807, 2.05) is 692 Å². The standard InChI is InChI=1S/50C2H6.3CH4/c50*1-2;;;/h50*1-2H3;3*1H4. The predicted molar refractivity (Wildman–Crippen MR) is 588 cm³/mol. The van der Waals surface area contributed by atoms with Crippen molar-refractivity contribution in [1.82, 2.24) is 0 Å². The Labute approximate surface area is 710 Å². The summed E-state index contributed by atoms with van der Waals surface area (Å²) in [4.78, 5) is 0. The zero-order valence-corrected chi connectivity index (χ0v) is 100. The van der Waals surface area contributed by atoms with E-state index in [0.29, 0.717) is 0 Å². The van der Waals surface area contributed by atoms with Gasteiger partial charge in [-0.1, -0.05) is 715 Å². The molecule has 0 amide bonds. The van der Waals surface area contributed by atoms with Crippen LogP contribution >= 0.6 is 0 Å². The van der Waals surface area contributed by atoms with Crippen molar-refractivity contribution in [3.05, 3.63) is 0 Å². The summed E-state index contributed by atoms with van der Waals surface area (Å²) < 4.78 is 0. The second-order valence-corrected chi connectivity index (χ2v) is 0. The van der Waals surface area contributed by atoms with Crippen molar-refractivity contribution in [3.63, 3.8) is 0 Å². The van der Waals surface area contributed by atoms with Crippen LogP contribution in [-0.4, -0.2) is 0 Å². The molecule has 0 spiro atoms. The highest BCUT2D eigenvalue weighted by molar-refractivity contribution is 3.60. The first-order chi connectivity index (χ1) is 50.0. The van der Waals surface area contributed by atoms with Gasteiger partial charge >= 0.3 is 0 Å². The van der Waals surface area contributed by atoms with Crippen LogP contribution < -0.4 is 0 Å². The molecule has 0 N–H and O–H groups in total. The Bertz CT molecular complexity index is 0. The molecule has 0 fully saturated rings. The van der Waals surface area contributed by atoms with Crippen LogP contribution in [0.5, 0.6) is 0 Å². The highest BCUT2D eigenvalue weighted by Gasteiger charge is 1.03. The molecule has 0 radical (unpaired) electrons. The molecule has 0 nitrogen and oxygen atoms in total. The molecule has 0 unspecified atom stereocenters. The summed E-state index contributed by atoms with van der Waals surface area (Å²) in [5, 5.41) is 0. The van der Waals surface area contributed by atoms with Gasteiger partial charge in [0.1, 0.15) is 0 Å². The van der Waals surface area contributed by atoms with Crippen LogP contribution in [0.1, 0.15) is 715 Å². The fourth-order valence-electron chi connectivity index (χ4n) is 0. The maximum atomic E-state index is 2.00. The predicted octanol–water partition coefficient (Wildman–Crippen LogP) is 53.2. The zero-order valence-electron chi connectivity index (χ0n) is 100. The van der Waals surface area contributed by atoms with Gasteiger partial charge in [0.2, 0.25) is 0 Å². The third kappa shape index (κ3) is 0. The van der Waals surface area contributed by atoms with E-state index in [0.717, 1.165) is 0 Å². The minimum absolute atomic E-state index is 0. The smallest absolute Gasteiger partial charge is 0.0683 e. The minimum atomic E-state index is 0. The highest BCUT2D eigenvalue weighted by Crippen LogP contribution is 1.24. The summed E-state index contributed by atoms with van der Waals surface area (Å²) in [7, 11) is 0. The van der Waals surface area contributed by atoms with Crippen molar-refractivity contribution in [3.8, 4) is 0 Å². The fraction of sp³-hybridized carbons (Fsp3) is 1.00. The van der Waals surface area contributed by atoms with Gasteiger partial charge in [0.25, 0.3) is 0 Å². The molecule has 0 bridgehead atoms. The van der Waals surface area contributed by atoms with E-state index in [1.54, 1.807) is 0 Å². The normalized spacial score (nSPS) is 2.91. The quantitative estimate of drug-likeness (QED) is 0.227. The third-order valence-corrected chi connectivity index (χ3v) is 0. The van der Waals surface area contributed by atoms with Gasteiger partial charge in [0.15, 0.2) is 0 Å². The average Bonchev–Trinajstić information content (AvgIpc) is 3.87. The topological polar surface area (TPSA) is 0 Å². The molecule has 0 saturated heterocycles. The monoisotopic (exact) mass is 1550 g/mol. The first-order valence-corrected chi connectivity index (χ1v) is 50.0. The van der Waals surface area contributed by atoms with Crippen LogP contribution in [0.4, 0.5) is 0 Å². The second kappa shape index (κ2) is 0. The molecule has 0 aromatic carbocycles. The molecule has 0 atom stereocenters. The summed E-state index contributed by atoms with van der Waals surface area (Å²) in [6, 6.07) is 0. The van der Waals surface area contributed by atoms with Crippen molar-refractivity contribution in [2.24, 2.45) is 0 Å². The Hall–Kier alpha value is 0. The largest absolute Gasteiger partial charge is 0.0776 e. The molecule has 0 aromatic rings. The molecular formula is C103H312. The molecule has 0 saturated carbocycles. The first-order valence-electron chi connectivity index (χ1n) is 50.0. The molecule has 103 heavy (non-hydrogen) atoms. The van der Waals surface area contributed by atoms with Gasteiger partial charge in [-0.25, -0.2) is 0 Å². The summed E-state index contributed by atoms with van der Waals surface area (Å²) in [6.07, 6.45) is 0. The maximum absolute atomic E-state index is 2.00. The molecule has 0 aliphatic heterocycles. The second-order valence-electron chi connectivity index (χ2n) is 0. The summed E-state index contributed by atoms with van der Waals surface area (Å²) in [5.41, 5.74) is 0. The molecule has 0 rings (SSSR count).